The highest BCUT2D eigenvalue weighted by atomic mass is 16.3. The Balaban J connectivity index is 1.69. The molecular weight excluding hydrogens is 368 g/mol. The van der Waals surface area contributed by atoms with E-state index in [2.05, 4.69) is 73.9 Å². The number of nitrogens with zero attached hydrogens (tertiary/aromatic N) is 2. The van der Waals surface area contributed by atoms with Crippen LogP contribution in [0.5, 0.6) is 0 Å². The second-order valence-electron chi connectivity index (χ2n) is 9.72. The lowest BCUT2D eigenvalue weighted by molar-refractivity contribution is -0.660. The zero-order chi connectivity index (χ0) is 22.0. The summed E-state index contributed by atoms with van der Waals surface area (Å²) in [4.78, 5) is 4.61. The second kappa shape index (κ2) is 6.94. The summed E-state index contributed by atoms with van der Waals surface area (Å²) in [6.45, 7) is 8.77. The first-order valence-corrected chi connectivity index (χ1v) is 11.0. The molecule has 0 radical (unpaired) electrons. The molecule has 3 heterocycles. The van der Waals surface area contributed by atoms with Crippen molar-refractivity contribution in [1.29, 1.82) is 0 Å². The largest absolute Gasteiger partial charge is 0.437 e. The molecule has 1 aliphatic carbocycles. The Kier molecular flexibility index (Phi) is 4.19. The summed E-state index contributed by atoms with van der Waals surface area (Å²) in [6.07, 6.45) is 6.10. The Hall–Kier alpha value is -2.68. The smallest absolute Gasteiger partial charge is 0.227 e. The average Bonchev–Trinajstić information content (AvgIpc) is 3.08. The number of hydrogen-bond acceptors (Lipinski definition) is 2. The molecule has 3 heteroatoms. The highest BCUT2D eigenvalue weighted by Crippen LogP contribution is 2.43. The molecule has 1 fully saturated rings. The van der Waals surface area contributed by atoms with Crippen molar-refractivity contribution in [1.82, 2.24) is 4.98 Å². The Morgan fingerprint density at radius 1 is 1.07 bits per heavy atom. The van der Waals surface area contributed by atoms with Gasteiger partial charge in [0.25, 0.3) is 0 Å². The summed E-state index contributed by atoms with van der Waals surface area (Å²) < 4.78 is 17.7. The zero-order valence-corrected chi connectivity index (χ0v) is 18.7. The van der Waals surface area contributed by atoms with Crippen LogP contribution in [0.25, 0.3) is 33.3 Å². The van der Waals surface area contributed by atoms with Crippen LogP contribution in [-0.2, 0) is 7.05 Å². The fraction of sp³-hybridized carbons (Fsp3) is 0.407. The van der Waals surface area contributed by atoms with E-state index in [9.17, 15) is 1.37 Å². The quantitative estimate of drug-likeness (QED) is 0.347. The lowest BCUT2D eigenvalue weighted by Crippen LogP contribution is -2.31. The van der Waals surface area contributed by atoms with Gasteiger partial charge >= 0.3 is 0 Å². The van der Waals surface area contributed by atoms with Crippen LogP contribution >= 0.6 is 0 Å². The van der Waals surface area contributed by atoms with Crippen molar-refractivity contribution in [3.63, 3.8) is 0 Å². The minimum Gasteiger partial charge on any atom is -0.437 e. The summed E-state index contributed by atoms with van der Waals surface area (Å²) in [5.74, 6) is -0.521. The van der Waals surface area contributed by atoms with Gasteiger partial charge in [-0.15, -0.1) is 0 Å². The number of furan rings is 1. The van der Waals surface area contributed by atoms with Crippen LogP contribution in [-0.4, -0.2) is 4.98 Å². The first-order chi connectivity index (χ1) is 14.7. The summed E-state index contributed by atoms with van der Waals surface area (Å²) in [6, 6.07) is 12.8. The van der Waals surface area contributed by atoms with Crippen molar-refractivity contribution >= 4 is 22.1 Å². The Bertz CT molecular complexity index is 1310. The van der Waals surface area contributed by atoms with E-state index < -0.39 is 5.89 Å². The van der Waals surface area contributed by atoms with Crippen LogP contribution < -0.4 is 4.57 Å². The van der Waals surface area contributed by atoms with Gasteiger partial charge in [-0.3, -0.25) is 0 Å². The summed E-state index contributed by atoms with van der Waals surface area (Å²) in [7, 11) is 2.07. The SMILES string of the molecule is [2H]C1(c2cc[n+](C)c(-c3c(C)ccc4c3oc3nc(C)ccc34)c2)CCC(C)(C)CC1. The van der Waals surface area contributed by atoms with Gasteiger partial charge in [-0.1, -0.05) is 26.0 Å². The number of pyridine rings is 2. The fourth-order valence-electron chi connectivity index (χ4n) is 4.79. The molecule has 3 nitrogen and oxygen atoms in total. The van der Waals surface area contributed by atoms with Crippen LogP contribution in [0.4, 0.5) is 0 Å². The van der Waals surface area contributed by atoms with Gasteiger partial charge in [0, 0.05) is 30.0 Å². The first-order valence-electron chi connectivity index (χ1n) is 11.5. The van der Waals surface area contributed by atoms with Crippen molar-refractivity contribution in [3.05, 3.63) is 59.4 Å². The number of aromatic nitrogens is 2. The minimum absolute atomic E-state index is 0.342. The number of fused-ring (bicyclic) bond motifs is 3. The van der Waals surface area contributed by atoms with Gasteiger partial charge in [0.05, 0.1) is 5.56 Å². The third kappa shape index (κ3) is 3.21. The van der Waals surface area contributed by atoms with Gasteiger partial charge in [0.2, 0.25) is 11.4 Å². The molecule has 0 atom stereocenters. The lowest BCUT2D eigenvalue weighted by Gasteiger charge is -2.34. The fourth-order valence-corrected chi connectivity index (χ4v) is 4.79. The summed E-state index contributed by atoms with van der Waals surface area (Å²) >= 11 is 0. The lowest BCUT2D eigenvalue weighted by atomic mass is 9.71. The van der Waals surface area contributed by atoms with E-state index in [1.54, 1.807) is 0 Å². The third-order valence-electron chi connectivity index (χ3n) is 6.88. The highest BCUT2D eigenvalue weighted by molar-refractivity contribution is 6.08. The van der Waals surface area contributed by atoms with Crippen molar-refractivity contribution in [2.45, 2.75) is 59.3 Å². The molecule has 0 unspecified atom stereocenters. The van der Waals surface area contributed by atoms with Gasteiger partial charge in [0.15, 0.2) is 11.8 Å². The maximum absolute atomic E-state index is 9.25. The van der Waals surface area contributed by atoms with Gasteiger partial charge < -0.3 is 4.42 Å². The molecule has 0 spiro atoms. The second-order valence-corrected chi connectivity index (χ2v) is 9.72. The van der Waals surface area contributed by atoms with Crippen LogP contribution in [0.2, 0.25) is 0 Å². The van der Waals surface area contributed by atoms with E-state index in [4.69, 9.17) is 4.42 Å². The van der Waals surface area contributed by atoms with Gasteiger partial charge in [-0.2, -0.15) is 0 Å². The molecule has 0 saturated heterocycles. The van der Waals surface area contributed by atoms with E-state index in [0.717, 1.165) is 64.6 Å². The van der Waals surface area contributed by atoms with E-state index in [0.29, 0.717) is 11.1 Å². The molecule has 0 aliphatic heterocycles. The molecule has 0 amide bonds. The Morgan fingerprint density at radius 2 is 1.80 bits per heavy atom. The molecule has 154 valence electrons. The number of benzene rings is 1. The first kappa shape index (κ1) is 18.1. The normalized spacial score (nSPS) is 18.6. The summed E-state index contributed by atoms with van der Waals surface area (Å²) in [5.41, 5.74) is 7.32. The van der Waals surface area contributed by atoms with Gasteiger partial charge in [-0.25, -0.2) is 9.55 Å². The monoisotopic (exact) mass is 400 g/mol. The molecule has 1 aliphatic rings. The molecule has 5 rings (SSSR count). The van der Waals surface area contributed by atoms with Crippen LogP contribution in [0.15, 0.2) is 47.0 Å². The van der Waals surface area contributed by atoms with Crippen molar-refractivity contribution < 1.29 is 10.4 Å². The number of rotatable bonds is 2. The Morgan fingerprint density at radius 3 is 2.57 bits per heavy atom. The average molecular weight is 401 g/mol. The van der Waals surface area contributed by atoms with Crippen molar-refractivity contribution in [2.24, 2.45) is 12.5 Å². The molecule has 3 aromatic heterocycles. The van der Waals surface area contributed by atoms with Crippen LogP contribution in [0.1, 0.15) is 63.6 Å². The Labute approximate surface area is 180 Å². The number of hydrogen-bond donors (Lipinski definition) is 0. The molecule has 4 aromatic rings. The molecule has 0 bridgehead atoms. The molecule has 0 N–H and O–H groups in total. The molecular formula is C27H31N2O+. The molecule has 1 aromatic carbocycles. The van der Waals surface area contributed by atoms with Crippen LogP contribution in [0, 0.1) is 19.3 Å². The van der Waals surface area contributed by atoms with E-state index >= 15 is 0 Å². The predicted molar refractivity (Wildman–Crippen MR) is 123 cm³/mol. The van der Waals surface area contributed by atoms with Crippen molar-refractivity contribution in [3.8, 4) is 11.3 Å². The van der Waals surface area contributed by atoms with Gasteiger partial charge in [-0.05, 0) is 74.1 Å². The minimum atomic E-state index is -0.521. The van der Waals surface area contributed by atoms with Crippen molar-refractivity contribution in [2.75, 3.05) is 0 Å². The third-order valence-corrected chi connectivity index (χ3v) is 6.88. The topological polar surface area (TPSA) is 29.9 Å². The summed E-state index contributed by atoms with van der Waals surface area (Å²) in [5, 5.41) is 2.14. The number of aryl methyl sites for hydroxylation is 3. The van der Waals surface area contributed by atoms with E-state index in [1.165, 1.54) is 5.56 Å². The standard InChI is InChI=1S/C27H31N2O/c1-17-6-8-21-22-9-7-18(2)28-26(22)30-25(21)24(17)23-16-20(12-15-29(23)5)19-10-13-27(3,4)14-11-19/h6-9,12,15-16,19H,10-11,13-14H2,1-5H3/q+1/i19D. The van der Waals surface area contributed by atoms with Crippen LogP contribution in [0.3, 0.4) is 0 Å². The van der Waals surface area contributed by atoms with E-state index in [1.807, 2.05) is 13.0 Å². The maximum Gasteiger partial charge on any atom is 0.227 e. The molecule has 1 saturated carbocycles. The van der Waals surface area contributed by atoms with E-state index in [-0.39, 0.29) is 0 Å². The maximum atomic E-state index is 9.25. The molecule has 30 heavy (non-hydrogen) atoms. The predicted octanol–water partition coefficient (Wildman–Crippen LogP) is 6.77. The zero-order valence-electron chi connectivity index (χ0n) is 19.7. The highest BCUT2D eigenvalue weighted by Gasteiger charge is 2.29. The van der Waals surface area contributed by atoms with Gasteiger partial charge in [0.1, 0.15) is 7.05 Å².